The quantitative estimate of drug-likeness (QED) is 0.489. The number of nitrogens with one attached hydrogen (secondary N) is 1. The van der Waals surface area contributed by atoms with Crippen LogP contribution < -0.4 is 10.2 Å². The molecule has 0 aliphatic carbocycles. The molecular weight excluding hydrogens is 356 g/mol. The lowest BCUT2D eigenvalue weighted by molar-refractivity contribution is -0.222. The molecule has 6 nitrogen and oxygen atoms in total. The minimum Gasteiger partial charge on any atom is -0.419 e. The van der Waals surface area contributed by atoms with E-state index in [-0.39, 0.29) is 5.57 Å². The van der Waals surface area contributed by atoms with Gasteiger partial charge in [0.05, 0.1) is 10.7 Å². The number of carbonyl (C=O) groups excluding carboxylic acids is 2. The summed E-state index contributed by atoms with van der Waals surface area (Å²) in [6.07, 6.45) is 6.14. The van der Waals surface area contributed by atoms with Crippen LogP contribution in [0.1, 0.15) is 39.5 Å². The van der Waals surface area contributed by atoms with Gasteiger partial charge >= 0.3 is 11.9 Å². The summed E-state index contributed by atoms with van der Waals surface area (Å²) < 4.78 is 10.1. The van der Waals surface area contributed by atoms with E-state index >= 15 is 0 Å². The molecule has 1 aromatic rings. The molecule has 2 aliphatic rings. The topological polar surface area (TPSA) is 67.9 Å². The van der Waals surface area contributed by atoms with Crippen molar-refractivity contribution in [3.8, 4) is 0 Å². The zero-order chi connectivity index (χ0) is 18.7. The van der Waals surface area contributed by atoms with Crippen molar-refractivity contribution >= 4 is 34.9 Å². The number of rotatable bonds is 3. The first kappa shape index (κ1) is 18.6. The first-order valence-electron chi connectivity index (χ1n) is 8.84. The van der Waals surface area contributed by atoms with Crippen molar-refractivity contribution in [2.24, 2.45) is 0 Å². The highest BCUT2D eigenvalue weighted by atomic mass is 35.5. The van der Waals surface area contributed by atoms with E-state index in [0.717, 1.165) is 18.8 Å². The second kappa shape index (κ2) is 7.58. The van der Waals surface area contributed by atoms with Gasteiger partial charge in [-0.3, -0.25) is 0 Å². The van der Waals surface area contributed by atoms with E-state index in [1.54, 1.807) is 6.07 Å². The summed E-state index contributed by atoms with van der Waals surface area (Å²) in [5, 5.41) is 3.55. The van der Waals surface area contributed by atoms with Crippen molar-refractivity contribution in [3.05, 3.63) is 35.0 Å². The molecule has 0 unspecified atom stereocenters. The normalized spacial score (nSPS) is 20.1. The number of cyclic esters (lactones) is 2. The molecule has 2 aliphatic heterocycles. The molecule has 2 heterocycles. The van der Waals surface area contributed by atoms with E-state index in [2.05, 4.69) is 10.2 Å². The predicted molar refractivity (Wildman–Crippen MR) is 100 cm³/mol. The van der Waals surface area contributed by atoms with Crippen LogP contribution in [0, 0.1) is 0 Å². The Morgan fingerprint density at radius 2 is 1.69 bits per heavy atom. The maximum Gasteiger partial charge on any atom is 0.350 e. The minimum atomic E-state index is -1.25. The van der Waals surface area contributed by atoms with E-state index in [4.69, 9.17) is 21.1 Å². The molecule has 0 spiro atoms. The van der Waals surface area contributed by atoms with Gasteiger partial charge in [-0.1, -0.05) is 24.4 Å². The van der Waals surface area contributed by atoms with Gasteiger partial charge in [-0.05, 0) is 31.0 Å². The van der Waals surface area contributed by atoms with Gasteiger partial charge in [-0.2, -0.15) is 0 Å². The van der Waals surface area contributed by atoms with E-state index in [0.29, 0.717) is 10.7 Å². The highest BCUT2D eigenvalue weighted by Gasteiger charge is 2.38. The van der Waals surface area contributed by atoms with Gasteiger partial charge in [0, 0.05) is 38.8 Å². The fourth-order valence-electron chi connectivity index (χ4n) is 3.10. The second-order valence-electron chi connectivity index (χ2n) is 6.95. The standard InChI is InChI=1S/C19H23ClN2O4/c1-19(2)25-17(23)14(18(24)26-19)12-21-13-7-8-16(15(20)11-13)22-9-5-3-4-6-10-22/h7-8,11-12,21H,3-6,9-10H2,1-2H3. The molecule has 0 bridgehead atoms. The highest BCUT2D eigenvalue weighted by molar-refractivity contribution is 6.33. The van der Waals surface area contributed by atoms with Crippen molar-refractivity contribution < 1.29 is 19.1 Å². The Kier molecular flexibility index (Phi) is 5.41. The number of benzene rings is 1. The van der Waals surface area contributed by atoms with Crippen molar-refractivity contribution in [1.82, 2.24) is 0 Å². The third-order valence-corrected chi connectivity index (χ3v) is 4.70. The first-order chi connectivity index (χ1) is 12.4. The summed E-state index contributed by atoms with van der Waals surface area (Å²) in [5.74, 6) is -2.68. The van der Waals surface area contributed by atoms with Crippen molar-refractivity contribution in [2.75, 3.05) is 23.3 Å². The van der Waals surface area contributed by atoms with Crippen molar-refractivity contribution in [2.45, 2.75) is 45.3 Å². The molecule has 0 saturated carbocycles. The highest BCUT2D eigenvalue weighted by Crippen LogP contribution is 2.31. The monoisotopic (exact) mass is 378 g/mol. The molecule has 140 valence electrons. The van der Waals surface area contributed by atoms with Gasteiger partial charge in [-0.25, -0.2) is 9.59 Å². The number of halogens is 1. The molecule has 0 amide bonds. The second-order valence-corrected chi connectivity index (χ2v) is 7.36. The lowest BCUT2D eigenvalue weighted by Gasteiger charge is -2.29. The average Bonchev–Trinajstić information content (AvgIpc) is 2.82. The molecule has 2 fully saturated rings. The average molecular weight is 379 g/mol. The Morgan fingerprint density at radius 3 is 2.27 bits per heavy atom. The van der Waals surface area contributed by atoms with Crippen LogP contribution >= 0.6 is 11.6 Å². The lowest BCUT2D eigenvalue weighted by Crippen LogP contribution is -2.42. The first-order valence-corrected chi connectivity index (χ1v) is 9.21. The number of hydrogen-bond donors (Lipinski definition) is 1. The SMILES string of the molecule is CC1(C)OC(=O)C(=CNc2ccc(N3CCCCCC3)c(Cl)c2)C(=O)O1. The number of esters is 2. The molecule has 0 radical (unpaired) electrons. The largest absolute Gasteiger partial charge is 0.419 e. The molecule has 1 aromatic carbocycles. The summed E-state index contributed by atoms with van der Waals surface area (Å²) in [6, 6.07) is 5.60. The smallest absolute Gasteiger partial charge is 0.350 e. The van der Waals surface area contributed by atoms with Gasteiger partial charge in [0.2, 0.25) is 0 Å². The summed E-state index contributed by atoms with van der Waals surface area (Å²) in [6.45, 7) is 5.02. The minimum absolute atomic E-state index is 0.183. The van der Waals surface area contributed by atoms with E-state index in [1.807, 2.05) is 12.1 Å². The van der Waals surface area contributed by atoms with Crippen LogP contribution in [0.3, 0.4) is 0 Å². The summed E-state index contributed by atoms with van der Waals surface area (Å²) in [7, 11) is 0. The van der Waals surface area contributed by atoms with Crippen LogP contribution in [0.15, 0.2) is 30.0 Å². The van der Waals surface area contributed by atoms with Gasteiger partial charge in [-0.15, -0.1) is 0 Å². The number of carbonyl (C=O) groups is 2. The van der Waals surface area contributed by atoms with Gasteiger partial charge in [0.15, 0.2) is 5.57 Å². The molecule has 3 rings (SSSR count). The molecule has 0 aromatic heterocycles. The zero-order valence-electron chi connectivity index (χ0n) is 15.0. The maximum atomic E-state index is 11.9. The van der Waals surface area contributed by atoms with Crippen molar-refractivity contribution in [3.63, 3.8) is 0 Å². The van der Waals surface area contributed by atoms with Crippen molar-refractivity contribution in [1.29, 1.82) is 0 Å². The zero-order valence-corrected chi connectivity index (χ0v) is 15.8. The van der Waals surface area contributed by atoms with Crippen LogP contribution in [0.4, 0.5) is 11.4 Å². The number of nitrogens with zero attached hydrogens (tertiary/aromatic N) is 1. The Labute approximate surface area is 158 Å². The van der Waals surface area contributed by atoms with Gasteiger partial charge in [0.25, 0.3) is 5.79 Å². The molecule has 2 saturated heterocycles. The fraction of sp³-hybridized carbons (Fsp3) is 0.474. The molecular formula is C19H23ClN2O4. The van der Waals surface area contributed by atoms with E-state index in [9.17, 15) is 9.59 Å². The number of hydrogen-bond acceptors (Lipinski definition) is 6. The Bertz CT molecular complexity index is 715. The summed E-state index contributed by atoms with van der Waals surface area (Å²) in [5.41, 5.74) is 1.49. The Balaban J connectivity index is 1.72. The van der Waals surface area contributed by atoms with E-state index < -0.39 is 17.7 Å². The molecule has 0 atom stereocenters. The maximum absolute atomic E-state index is 11.9. The van der Waals surface area contributed by atoms with Crippen LogP contribution in [-0.2, 0) is 19.1 Å². The summed E-state index contributed by atoms with van der Waals surface area (Å²) >= 11 is 6.45. The predicted octanol–water partition coefficient (Wildman–Crippen LogP) is 3.85. The van der Waals surface area contributed by atoms with Crippen LogP contribution in [0.5, 0.6) is 0 Å². The third-order valence-electron chi connectivity index (χ3n) is 4.39. The summed E-state index contributed by atoms with van der Waals surface area (Å²) in [4.78, 5) is 26.2. The number of ether oxygens (including phenoxy) is 2. The fourth-order valence-corrected chi connectivity index (χ4v) is 3.40. The molecule has 26 heavy (non-hydrogen) atoms. The van der Waals surface area contributed by atoms with Crippen LogP contribution in [0.25, 0.3) is 0 Å². The Morgan fingerprint density at radius 1 is 1.08 bits per heavy atom. The van der Waals surface area contributed by atoms with Gasteiger partial charge < -0.3 is 19.7 Å². The molecule has 7 heteroatoms. The van der Waals surface area contributed by atoms with E-state index in [1.165, 1.54) is 45.7 Å². The lowest BCUT2D eigenvalue weighted by atomic mass is 10.2. The van der Waals surface area contributed by atoms with Gasteiger partial charge in [0.1, 0.15) is 0 Å². The molecule has 1 N–H and O–H groups in total. The third kappa shape index (κ3) is 4.30. The number of anilines is 2. The van der Waals surface area contributed by atoms with Crippen LogP contribution in [-0.4, -0.2) is 30.8 Å². The van der Waals surface area contributed by atoms with Crippen LogP contribution in [0.2, 0.25) is 5.02 Å². The Hall–Kier alpha value is -2.21.